The Bertz CT molecular complexity index is 257. The van der Waals surface area contributed by atoms with Crippen molar-refractivity contribution in [1.82, 2.24) is 5.32 Å². The number of sulfone groups is 1. The summed E-state index contributed by atoms with van der Waals surface area (Å²) in [4.78, 5) is 0. The molecule has 0 aromatic carbocycles. The molecule has 0 fully saturated rings. The van der Waals surface area contributed by atoms with E-state index in [0.717, 1.165) is 25.8 Å². The van der Waals surface area contributed by atoms with Crippen LogP contribution in [0, 0.1) is 0 Å². The zero-order chi connectivity index (χ0) is 13.1. The molecular weight excluding hydrogens is 234 g/mol. The third kappa shape index (κ3) is 9.60. The van der Waals surface area contributed by atoms with E-state index >= 15 is 0 Å². The van der Waals surface area contributed by atoms with E-state index in [2.05, 4.69) is 19.2 Å². The summed E-state index contributed by atoms with van der Waals surface area (Å²) in [5.74, 6) is 0.645. The van der Waals surface area contributed by atoms with Gasteiger partial charge in [0.05, 0.1) is 5.75 Å². The molecule has 0 saturated carbocycles. The monoisotopic (exact) mass is 263 g/mol. The summed E-state index contributed by atoms with van der Waals surface area (Å²) in [7, 11) is -2.76. The van der Waals surface area contributed by atoms with Crippen molar-refractivity contribution in [3.63, 3.8) is 0 Å². The molecule has 1 N–H and O–H groups in total. The fourth-order valence-electron chi connectivity index (χ4n) is 2.02. The minimum absolute atomic E-state index is 0.281. The molecule has 104 valence electrons. The first-order valence-corrected chi connectivity index (χ1v) is 8.81. The van der Waals surface area contributed by atoms with Gasteiger partial charge in [-0.1, -0.05) is 40.0 Å². The zero-order valence-electron chi connectivity index (χ0n) is 11.7. The lowest BCUT2D eigenvalue weighted by Crippen LogP contribution is -2.28. The van der Waals surface area contributed by atoms with Crippen LogP contribution in [-0.4, -0.2) is 32.5 Å². The van der Waals surface area contributed by atoms with Crippen molar-refractivity contribution in [2.24, 2.45) is 0 Å². The average Bonchev–Trinajstić information content (AvgIpc) is 2.29. The normalized spacial score (nSPS) is 13.8. The highest BCUT2D eigenvalue weighted by Crippen LogP contribution is 2.09. The molecule has 0 aliphatic carbocycles. The molecule has 3 nitrogen and oxygen atoms in total. The number of hydrogen-bond donors (Lipinski definition) is 1. The van der Waals surface area contributed by atoms with Crippen LogP contribution in [0.2, 0.25) is 0 Å². The van der Waals surface area contributed by atoms with Gasteiger partial charge >= 0.3 is 0 Å². The summed E-state index contributed by atoms with van der Waals surface area (Å²) in [6.07, 6.45) is 6.60. The van der Waals surface area contributed by atoms with Gasteiger partial charge < -0.3 is 5.32 Å². The molecule has 0 aliphatic heterocycles. The molecule has 0 bridgehead atoms. The lowest BCUT2D eigenvalue weighted by atomic mass is 10.0. The van der Waals surface area contributed by atoms with Crippen molar-refractivity contribution < 1.29 is 8.42 Å². The summed E-state index contributed by atoms with van der Waals surface area (Å²) in [6, 6.07) is 0.618. The molecule has 0 heterocycles. The first kappa shape index (κ1) is 16.9. The third-order valence-corrected chi connectivity index (χ3v) is 4.87. The van der Waals surface area contributed by atoms with Crippen molar-refractivity contribution in [1.29, 1.82) is 0 Å². The van der Waals surface area contributed by atoms with E-state index in [0.29, 0.717) is 11.8 Å². The molecule has 0 saturated heterocycles. The smallest absolute Gasteiger partial charge is 0.150 e. The summed E-state index contributed by atoms with van der Waals surface area (Å²) in [6.45, 7) is 7.08. The Balaban J connectivity index is 3.61. The maximum atomic E-state index is 11.3. The van der Waals surface area contributed by atoms with Gasteiger partial charge in [-0.3, -0.25) is 0 Å². The first-order valence-electron chi connectivity index (χ1n) is 6.99. The second kappa shape index (κ2) is 9.89. The molecule has 4 heteroatoms. The van der Waals surface area contributed by atoms with Gasteiger partial charge in [0.1, 0.15) is 9.84 Å². The van der Waals surface area contributed by atoms with E-state index in [9.17, 15) is 8.42 Å². The molecule has 0 aromatic heterocycles. The second-order valence-electron chi connectivity index (χ2n) is 4.63. The maximum Gasteiger partial charge on any atom is 0.150 e. The average molecular weight is 263 g/mol. The quantitative estimate of drug-likeness (QED) is 0.583. The van der Waals surface area contributed by atoms with Crippen LogP contribution in [0.5, 0.6) is 0 Å². The predicted molar refractivity (Wildman–Crippen MR) is 75.2 cm³/mol. The molecule has 0 rings (SSSR count). The predicted octanol–water partition coefficient (Wildman–Crippen LogP) is 2.76. The summed E-state index contributed by atoms with van der Waals surface area (Å²) < 4.78 is 22.6. The minimum atomic E-state index is -2.76. The largest absolute Gasteiger partial charge is 0.314 e. The van der Waals surface area contributed by atoms with Crippen molar-refractivity contribution in [2.45, 2.75) is 65.3 Å². The van der Waals surface area contributed by atoms with Gasteiger partial charge in [-0.25, -0.2) is 8.42 Å². The van der Waals surface area contributed by atoms with Crippen LogP contribution in [0.25, 0.3) is 0 Å². The van der Waals surface area contributed by atoms with Crippen molar-refractivity contribution >= 4 is 9.84 Å². The van der Waals surface area contributed by atoms with Gasteiger partial charge in [0.25, 0.3) is 0 Å². The standard InChI is InChI=1S/C13H29NO2S/c1-4-10-13(14-5-2)11-8-7-9-12-17(15,16)6-3/h13-14H,4-12H2,1-3H3. The maximum absolute atomic E-state index is 11.3. The highest BCUT2D eigenvalue weighted by atomic mass is 32.2. The summed E-state index contributed by atoms with van der Waals surface area (Å²) in [5.41, 5.74) is 0. The Morgan fingerprint density at radius 1 is 1.00 bits per heavy atom. The van der Waals surface area contributed by atoms with E-state index < -0.39 is 9.84 Å². The molecular formula is C13H29NO2S. The van der Waals surface area contributed by atoms with E-state index in [4.69, 9.17) is 0 Å². The summed E-state index contributed by atoms with van der Waals surface area (Å²) >= 11 is 0. The summed E-state index contributed by atoms with van der Waals surface area (Å²) in [5, 5.41) is 3.48. The van der Waals surface area contributed by atoms with Gasteiger partial charge in [0, 0.05) is 11.8 Å². The lowest BCUT2D eigenvalue weighted by Gasteiger charge is -2.16. The molecule has 1 unspecified atom stereocenters. The van der Waals surface area contributed by atoms with Crippen LogP contribution in [0.3, 0.4) is 0 Å². The molecule has 17 heavy (non-hydrogen) atoms. The lowest BCUT2D eigenvalue weighted by molar-refractivity contribution is 0.440. The fraction of sp³-hybridized carbons (Fsp3) is 1.00. The third-order valence-electron chi connectivity index (χ3n) is 3.08. The number of hydrogen-bond acceptors (Lipinski definition) is 3. The zero-order valence-corrected chi connectivity index (χ0v) is 12.5. The van der Waals surface area contributed by atoms with E-state index in [1.807, 2.05) is 0 Å². The van der Waals surface area contributed by atoms with Crippen LogP contribution in [0.4, 0.5) is 0 Å². The molecule has 0 radical (unpaired) electrons. The molecule has 0 amide bonds. The number of nitrogens with one attached hydrogen (secondary N) is 1. The van der Waals surface area contributed by atoms with E-state index in [1.165, 1.54) is 19.3 Å². The Morgan fingerprint density at radius 3 is 2.24 bits per heavy atom. The van der Waals surface area contributed by atoms with E-state index in [1.54, 1.807) is 6.92 Å². The number of rotatable bonds is 11. The van der Waals surface area contributed by atoms with Crippen molar-refractivity contribution in [3.8, 4) is 0 Å². The van der Waals surface area contributed by atoms with Crippen LogP contribution >= 0.6 is 0 Å². The van der Waals surface area contributed by atoms with Crippen molar-refractivity contribution in [3.05, 3.63) is 0 Å². The second-order valence-corrected chi connectivity index (χ2v) is 7.10. The molecule has 1 atom stereocenters. The first-order chi connectivity index (χ1) is 8.05. The van der Waals surface area contributed by atoms with Crippen molar-refractivity contribution in [2.75, 3.05) is 18.1 Å². The molecule has 0 aromatic rings. The van der Waals surface area contributed by atoms with Gasteiger partial charge in [-0.15, -0.1) is 0 Å². The Hall–Kier alpha value is -0.0900. The molecule has 0 spiro atoms. The Labute approximate surface area is 107 Å². The topological polar surface area (TPSA) is 46.2 Å². The van der Waals surface area contributed by atoms with Crippen LogP contribution in [0.1, 0.15) is 59.3 Å². The highest BCUT2D eigenvalue weighted by Gasteiger charge is 2.08. The minimum Gasteiger partial charge on any atom is -0.314 e. The number of unbranched alkanes of at least 4 members (excludes halogenated alkanes) is 2. The van der Waals surface area contributed by atoms with Gasteiger partial charge in [0.2, 0.25) is 0 Å². The van der Waals surface area contributed by atoms with Gasteiger partial charge in [0.15, 0.2) is 0 Å². The van der Waals surface area contributed by atoms with Gasteiger partial charge in [-0.05, 0) is 25.8 Å². The highest BCUT2D eigenvalue weighted by molar-refractivity contribution is 7.91. The van der Waals surface area contributed by atoms with E-state index in [-0.39, 0.29) is 5.75 Å². The SMILES string of the molecule is CCCC(CCCCCS(=O)(=O)CC)NCC. The Morgan fingerprint density at radius 2 is 1.71 bits per heavy atom. The van der Waals surface area contributed by atoms with Crippen LogP contribution in [0.15, 0.2) is 0 Å². The van der Waals surface area contributed by atoms with Crippen LogP contribution in [-0.2, 0) is 9.84 Å². The van der Waals surface area contributed by atoms with Gasteiger partial charge in [-0.2, -0.15) is 0 Å². The molecule has 0 aliphatic rings. The van der Waals surface area contributed by atoms with Crippen LogP contribution < -0.4 is 5.32 Å². The fourth-order valence-corrected chi connectivity index (χ4v) is 2.95. The Kier molecular flexibility index (Phi) is 9.84.